The average molecular weight is 160 g/mol. The molecule has 0 atom stereocenters. The summed E-state index contributed by atoms with van der Waals surface area (Å²) in [4.78, 5) is 4.61. The molecule has 0 amide bonds. The smallest absolute Gasteiger partial charge is 0.140 e. The molecule has 0 bridgehead atoms. The Balaban J connectivity index is 3.81. The van der Waals surface area contributed by atoms with Crippen LogP contribution in [0.3, 0.4) is 0 Å². The standard InChI is InChI=1S/C6H12N2O3/c1-5(7-10)6(2)8-11-4-3-9/h9-10H,3-4H2,1-2H3/b7-5-,8-6-. The minimum absolute atomic E-state index is 0.0773. The monoisotopic (exact) mass is 160 g/mol. The Kier molecular flexibility index (Phi) is 5.10. The van der Waals surface area contributed by atoms with Crippen molar-refractivity contribution in [3.63, 3.8) is 0 Å². The second-order valence-corrected chi connectivity index (χ2v) is 1.92. The molecule has 0 unspecified atom stereocenters. The molecule has 0 spiro atoms. The molecule has 5 nitrogen and oxygen atoms in total. The van der Waals surface area contributed by atoms with Crippen LogP contribution in [0.4, 0.5) is 0 Å². The first-order valence-corrected chi connectivity index (χ1v) is 3.18. The van der Waals surface area contributed by atoms with Crippen LogP contribution >= 0.6 is 0 Å². The zero-order chi connectivity index (χ0) is 8.69. The van der Waals surface area contributed by atoms with E-state index in [1.807, 2.05) is 0 Å². The fourth-order valence-electron chi connectivity index (χ4n) is 0.322. The maximum Gasteiger partial charge on any atom is 0.140 e. The number of nitrogens with zero attached hydrogens (tertiary/aromatic N) is 2. The van der Waals surface area contributed by atoms with Crippen molar-refractivity contribution in [3.8, 4) is 0 Å². The van der Waals surface area contributed by atoms with Gasteiger partial charge in [-0.2, -0.15) is 0 Å². The minimum Gasteiger partial charge on any atom is -0.411 e. The molecule has 0 aromatic heterocycles. The summed E-state index contributed by atoms with van der Waals surface area (Å²) in [5.41, 5.74) is 0.879. The first-order valence-electron chi connectivity index (χ1n) is 3.18. The highest BCUT2D eigenvalue weighted by Crippen LogP contribution is 1.84. The third-order valence-electron chi connectivity index (χ3n) is 1.06. The highest BCUT2D eigenvalue weighted by molar-refractivity contribution is 6.40. The number of hydrogen-bond acceptors (Lipinski definition) is 5. The van der Waals surface area contributed by atoms with Gasteiger partial charge in [0.05, 0.1) is 6.61 Å². The van der Waals surface area contributed by atoms with Crippen molar-refractivity contribution < 1.29 is 15.2 Å². The maximum absolute atomic E-state index is 8.30. The van der Waals surface area contributed by atoms with Crippen LogP contribution in [0.25, 0.3) is 0 Å². The molecular weight excluding hydrogens is 148 g/mol. The minimum atomic E-state index is -0.0773. The van der Waals surface area contributed by atoms with Crippen LogP contribution in [0.15, 0.2) is 10.3 Å². The largest absolute Gasteiger partial charge is 0.411 e. The molecule has 0 saturated carbocycles. The average Bonchev–Trinajstić information content (AvgIpc) is 2.03. The SMILES string of the molecule is CC(=N/O)/C(C)=N\OCCO. The normalized spacial score (nSPS) is 13.4. The van der Waals surface area contributed by atoms with Crippen molar-refractivity contribution >= 4 is 11.4 Å². The molecule has 0 fully saturated rings. The summed E-state index contributed by atoms with van der Waals surface area (Å²) in [6.07, 6.45) is 0. The van der Waals surface area contributed by atoms with Gasteiger partial charge < -0.3 is 15.2 Å². The van der Waals surface area contributed by atoms with Crippen molar-refractivity contribution in [3.05, 3.63) is 0 Å². The molecule has 64 valence electrons. The Morgan fingerprint density at radius 2 is 2.00 bits per heavy atom. The van der Waals surface area contributed by atoms with Crippen LogP contribution in [0.2, 0.25) is 0 Å². The van der Waals surface area contributed by atoms with Gasteiger partial charge in [0.1, 0.15) is 18.0 Å². The predicted molar refractivity (Wildman–Crippen MR) is 41.0 cm³/mol. The van der Waals surface area contributed by atoms with Crippen molar-refractivity contribution in [2.75, 3.05) is 13.2 Å². The lowest BCUT2D eigenvalue weighted by molar-refractivity contribution is 0.0989. The van der Waals surface area contributed by atoms with Crippen LogP contribution in [0.5, 0.6) is 0 Å². The number of hydrogen-bond donors (Lipinski definition) is 2. The highest BCUT2D eigenvalue weighted by Gasteiger charge is 1.95. The van der Waals surface area contributed by atoms with Gasteiger partial charge in [0.25, 0.3) is 0 Å². The van der Waals surface area contributed by atoms with E-state index in [1.165, 1.54) is 0 Å². The lowest BCUT2D eigenvalue weighted by Crippen LogP contribution is -2.07. The summed E-state index contributed by atoms with van der Waals surface area (Å²) < 4.78 is 0. The predicted octanol–water partition coefficient (Wildman–Crippen LogP) is 0.221. The summed E-state index contributed by atoms with van der Waals surface area (Å²) in [7, 11) is 0. The van der Waals surface area contributed by atoms with E-state index >= 15 is 0 Å². The maximum atomic E-state index is 8.30. The van der Waals surface area contributed by atoms with Gasteiger partial charge in [-0.15, -0.1) is 0 Å². The topological polar surface area (TPSA) is 74.4 Å². The van der Waals surface area contributed by atoms with E-state index in [0.717, 1.165) is 0 Å². The van der Waals surface area contributed by atoms with Crippen molar-refractivity contribution in [2.24, 2.45) is 10.3 Å². The summed E-state index contributed by atoms with van der Waals surface area (Å²) in [5.74, 6) is 0. The summed E-state index contributed by atoms with van der Waals surface area (Å²) >= 11 is 0. The van der Waals surface area contributed by atoms with Crippen LogP contribution in [-0.2, 0) is 4.84 Å². The van der Waals surface area contributed by atoms with E-state index in [1.54, 1.807) is 13.8 Å². The van der Waals surface area contributed by atoms with Crippen LogP contribution in [0.1, 0.15) is 13.8 Å². The number of aliphatic hydroxyl groups is 1. The lowest BCUT2D eigenvalue weighted by Gasteiger charge is -1.97. The molecule has 11 heavy (non-hydrogen) atoms. The van der Waals surface area contributed by atoms with Gasteiger partial charge in [0, 0.05) is 0 Å². The van der Waals surface area contributed by atoms with Gasteiger partial charge >= 0.3 is 0 Å². The number of aliphatic hydroxyl groups excluding tert-OH is 1. The van der Waals surface area contributed by atoms with E-state index in [0.29, 0.717) is 11.4 Å². The summed E-state index contributed by atoms with van der Waals surface area (Å²) in [6.45, 7) is 3.32. The fraction of sp³-hybridized carbons (Fsp3) is 0.667. The van der Waals surface area contributed by atoms with E-state index < -0.39 is 0 Å². The fourth-order valence-corrected chi connectivity index (χ4v) is 0.322. The van der Waals surface area contributed by atoms with Crippen LogP contribution in [-0.4, -0.2) is 35.0 Å². The highest BCUT2D eigenvalue weighted by atomic mass is 16.6. The van der Waals surface area contributed by atoms with Crippen LogP contribution < -0.4 is 0 Å². The first kappa shape index (κ1) is 9.90. The van der Waals surface area contributed by atoms with Gasteiger partial charge in [0.2, 0.25) is 0 Å². The van der Waals surface area contributed by atoms with Gasteiger partial charge in [-0.1, -0.05) is 10.3 Å². The van der Waals surface area contributed by atoms with E-state index in [9.17, 15) is 0 Å². The van der Waals surface area contributed by atoms with Gasteiger partial charge in [0.15, 0.2) is 0 Å². The van der Waals surface area contributed by atoms with Gasteiger partial charge in [-0.3, -0.25) is 0 Å². The molecule has 0 aliphatic carbocycles. The Hall–Kier alpha value is -1.10. The zero-order valence-corrected chi connectivity index (χ0v) is 6.61. The molecule has 0 aromatic rings. The molecule has 0 aliphatic heterocycles. The van der Waals surface area contributed by atoms with Crippen LogP contribution in [0, 0.1) is 0 Å². The second-order valence-electron chi connectivity index (χ2n) is 1.92. The second kappa shape index (κ2) is 5.67. The van der Waals surface area contributed by atoms with Gasteiger partial charge in [-0.05, 0) is 13.8 Å². The van der Waals surface area contributed by atoms with Crippen molar-refractivity contribution in [1.29, 1.82) is 0 Å². The molecular formula is C6H12N2O3. The molecule has 0 aliphatic rings. The third kappa shape index (κ3) is 4.32. The lowest BCUT2D eigenvalue weighted by atomic mass is 10.3. The van der Waals surface area contributed by atoms with E-state index in [-0.39, 0.29) is 13.2 Å². The molecule has 0 heterocycles. The first-order chi connectivity index (χ1) is 5.22. The van der Waals surface area contributed by atoms with E-state index in [2.05, 4.69) is 15.1 Å². The molecule has 5 heteroatoms. The Morgan fingerprint density at radius 1 is 1.36 bits per heavy atom. The molecule has 2 N–H and O–H groups in total. The number of rotatable bonds is 4. The van der Waals surface area contributed by atoms with E-state index in [4.69, 9.17) is 10.3 Å². The molecule has 0 radical (unpaired) electrons. The Labute approximate surface area is 65.0 Å². The third-order valence-corrected chi connectivity index (χ3v) is 1.06. The molecule has 0 rings (SSSR count). The quantitative estimate of drug-likeness (QED) is 0.267. The Bertz CT molecular complexity index is 165. The van der Waals surface area contributed by atoms with Crippen molar-refractivity contribution in [2.45, 2.75) is 13.8 Å². The Morgan fingerprint density at radius 3 is 2.45 bits per heavy atom. The summed E-state index contributed by atoms with van der Waals surface area (Å²) in [5, 5.41) is 23.0. The molecule has 0 aromatic carbocycles. The summed E-state index contributed by atoms with van der Waals surface area (Å²) in [6, 6.07) is 0. The van der Waals surface area contributed by atoms with Gasteiger partial charge in [-0.25, -0.2) is 0 Å². The molecule has 0 saturated heterocycles. The zero-order valence-electron chi connectivity index (χ0n) is 6.61. The number of oxime groups is 2. The van der Waals surface area contributed by atoms with Crippen molar-refractivity contribution in [1.82, 2.24) is 0 Å².